The lowest BCUT2D eigenvalue weighted by Crippen LogP contribution is -2.49. The number of amides is 4. The zero-order valence-corrected chi connectivity index (χ0v) is 20.0. The Bertz CT molecular complexity index is 889. The number of carbonyl (C=O) groups is 4. The molecule has 1 N–H and O–H groups in total. The Morgan fingerprint density at radius 1 is 1.09 bits per heavy atom. The summed E-state index contributed by atoms with van der Waals surface area (Å²) in [4.78, 5) is 54.4. The number of nitrogens with one attached hydrogen (secondary N) is 1. The van der Waals surface area contributed by atoms with Crippen LogP contribution in [0.5, 0.6) is 0 Å². The third kappa shape index (κ3) is 5.82. The molecular formula is C25H32ClN3O4. The molecular weight excluding hydrogens is 442 g/mol. The van der Waals surface area contributed by atoms with Crippen molar-refractivity contribution >= 4 is 35.2 Å². The minimum atomic E-state index is -0.642. The SMILES string of the molecule is CCCNC(=O)[C@H](CC)N(Cc1ccc(Cl)cc1)C(=O)CCN1C(=O)[C@H]2CC=CC[C@H]2C1=O. The molecule has 1 aromatic carbocycles. The predicted molar refractivity (Wildman–Crippen MR) is 126 cm³/mol. The summed E-state index contributed by atoms with van der Waals surface area (Å²) >= 11 is 5.99. The van der Waals surface area contributed by atoms with E-state index < -0.39 is 6.04 Å². The molecule has 1 aliphatic heterocycles. The van der Waals surface area contributed by atoms with Gasteiger partial charge < -0.3 is 10.2 Å². The number of fused-ring (bicyclic) bond motifs is 1. The molecule has 1 aliphatic carbocycles. The van der Waals surface area contributed by atoms with E-state index in [-0.39, 0.29) is 55.0 Å². The predicted octanol–water partition coefficient (Wildman–Crippen LogP) is 3.31. The second-order valence-electron chi connectivity index (χ2n) is 8.60. The summed E-state index contributed by atoms with van der Waals surface area (Å²) in [5, 5.41) is 3.47. The van der Waals surface area contributed by atoms with Crippen molar-refractivity contribution in [2.24, 2.45) is 11.8 Å². The van der Waals surface area contributed by atoms with Crippen molar-refractivity contribution in [2.75, 3.05) is 13.1 Å². The molecule has 3 atom stereocenters. The molecule has 1 fully saturated rings. The van der Waals surface area contributed by atoms with Crippen LogP contribution in [0.25, 0.3) is 0 Å². The molecule has 33 heavy (non-hydrogen) atoms. The molecule has 7 nitrogen and oxygen atoms in total. The Balaban J connectivity index is 1.73. The molecule has 0 bridgehead atoms. The first-order chi connectivity index (χ1) is 15.9. The number of benzene rings is 1. The lowest BCUT2D eigenvalue weighted by Gasteiger charge is -2.31. The number of nitrogens with zero attached hydrogens (tertiary/aromatic N) is 2. The molecule has 8 heteroatoms. The van der Waals surface area contributed by atoms with Gasteiger partial charge in [0.15, 0.2) is 0 Å². The second kappa shape index (κ2) is 11.5. The van der Waals surface area contributed by atoms with Gasteiger partial charge in [-0.15, -0.1) is 0 Å². The quantitative estimate of drug-likeness (QED) is 0.417. The Morgan fingerprint density at radius 2 is 1.70 bits per heavy atom. The summed E-state index contributed by atoms with van der Waals surface area (Å²) in [5.74, 6) is -1.49. The van der Waals surface area contributed by atoms with Crippen molar-refractivity contribution < 1.29 is 19.2 Å². The fourth-order valence-electron chi connectivity index (χ4n) is 4.51. The van der Waals surface area contributed by atoms with Crippen LogP contribution in [-0.2, 0) is 25.7 Å². The third-order valence-electron chi connectivity index (χ3n) is 6.35. The number of allylic oxidation sites excluding steroid dienone is 2. The number of hydrogen-bond acceptors (Lipinski definition) is 4. The molecule has 1 heterocycles. The molecule has 0 saturated carbocycles. The molecule has 4 amide bonds. The summed E-state index contributed by atoms with van der Waals surface area (Å²) in [5.41, 5.74) is 0.847. The van der Waals surface area contributed by atoms with Gasteiger partial charge in [0.25, 0.3) is 0 Å². The number of hydrogen-bond donors (Lipinski definition) is 1. The van der Waals surface area contributed by atoms with E-state index in [9.17, 15) is 19.2 Å². The van der Waals surface area contributed by atoms with Gasteiger partial charge in [-0.25, -0.2) is 0 Å². The van der Waals surface area contributed by atoms with Crippen molar-refractivity contribution in [1.29, 1.82) is 0 Å². The highest BCUT2D eigenvalue weighted by Crippen LogP contribution is 2.35. The average Bonchev–Trinajstić information content (AvgIpc) is 3.07. The fraction of sp³-hybridized carbons (Fsp3) is 0.520. The molecule has 2 aliphatic rings. The Kier molecular flexibility index (Phi) is 8.67. The van der Waals surface area contributed by atoms with Crippen LogP contribution in [0.3, 0.4) is 0 Å². The highest BCUT2D eigenvalue weighted by molar-refractivity contribution is 6.30. The van der Waals surface area contributed by atoms with Gasteiger partial charge in [-0.2, -0.15) is 0 Å². The molecule has 0 radical (unpaired) electrons. The van der Waals surface area contributed by atoms with Gasteiger partial charge in [0, 0.05) is 31.1 Å². The smallest absolute Gasteiger partial charge is 0.242 e. The van der Waals surface area contributed by atoms with Gasteiger partial charge in [-0.05, 0) is 43.4 Å². The van der Waals surface area contributed by atoms with Gasteiger partial charge in [0.2, 0.25) is 23.6 Å². The largest absolute Gasteiger partial charge is 0.354 e. The van der Waals surface area contributed by atoms with E-state index in [0.717, 1.165) is 12.0 Å². The zero-order valence-electron chi connectivity index (χ0n) is 19.3. The van der Waals surface area contributed by atoms with E-state index in [1.54, 1.807) is 17.0 Å². The zero-order chi connectivity index (χ0) is 24.0. The standard InChI is InChI=1S/C25H32ClN3O4/c1-3-14-27-23(31)21(4-2)29(16-17-9-11-18(26)12-10-17)22(30)13-15-28-24(32)19-7-5-6-8-20(19)25(28)33/h5-6,9-12,19-21H,3-4,7-8,13-16H2,1-2H3,(H,27,31)/t19-,20+,21-/m0/s1. The maximum Gasteiger partial charge on any atom is 0.242 e. The molecule has 1 aromatic rings. The number of halogens is 1. The normalized spacial score (nSPS) is 20.5. The molecule has 178 valence electrons. The maximum atomic E-state index is 13.3. The van der Waals surface area contributed by atoms with Gasteiger partial charge >= 0.3 is 0 Å². The Hall–Kier alpha value is -2.67. The van der Waals surface area contributed by atoms with Crippen molar-refractivity contribution in [3.8, 4) is 0 Å². The Morgan fingerprint density at radius 3 is 2.24 bits per heavy atom. The van der Waals surface area contributed by atoms with Crippen molar-refractivity contribution in [3.63, 3.8) is 0 Å². The first kappa shape index (κ1) is 25.0. The van der Waals surface area contributed by atoms with Crippen LogP contribution in [-0.4, -0.2) is 52.6 Å². The number of carbonyl (C=O) groups excluding carboxylic acids is 4. The second-order valence-corrected chi connectivity index (χ2v) is 9.03. The summed E-state index contributed by atoms with van der Waals surface area (Å²) in [6, 6.07) is 6.50. The summed E-state index contributed by atoms with van der Waals surface area (Å²) in [7, 11) is 0. The molecule has 1 saturated heterocycles. The van der Waals surface area contributed by atoms with Crippen LogP contribution >= 0.6 is 11.6 Å². The van der Waals surface area contributed by atoms with E-state index in [1.165, 1.54) is 4.90 Å². The highest BCUT2D eigenvalue weighted by Gasteiger charge is 2.47. The average molecular weight is 474 g/mol. The summed E-state index contributed by atoms with van der Waals surface area (Å²) in [6.45, 7) is 4.64. The molecule has 3 rings (SSSR count). The van der Waals surface area contributed by atoms with Gasteiger partial charge in [0.1, 0.15) is 6.04 Å². The topological polar surface area (TPSA) is 86.8 Å². The summed E-state index contributed by atoms with van der Waals surface area (Å²) in [6.07, 6.45) is 6.24. The van der Waals surface area contributed by atoms with Gasteiger partial charge in [-0.1, -0.05) is 49.7 Å². The van der Waals surface area contributed by atoms with Crippen LogP contribution in [0, 0.1) is 11.8 Å². The third-order valence-corrected chi connectivity index (χ3v) is 6.60. The van der Waals surface area contributed by atoms with Crippen LogP contribution in [0.2, 0.25) is 5.02 Å². The van der Waals surface area contributed by atoms with Crippen LogP contribution in [0.4, 0.5) is 0 Å². The van der Waals surface area contributed by atoms with Crippen molar-refractivity contribution in [3.05, 3.63) is 47.0 Å². The maximum absolute atomic E-state index is 13.3. The monoisotopic (exact) mass is 473 g/mol. The van der Waals surface area contributed by atoms with Crippen molar-refractivity contribution in [2.45, 2.75) is 58.5 Å². The first-order valence-corrected chi connectivity index (χ1v) is 12.1. The van der Waals surface area contributed by atoms with E-state index in [0.29, 0.717) is 30.8 Å². The Labute approximate surface area is 200 Å². The van der Waals surface area contributed by atoms with Crippen LogP contribution < -0.4 is 5.32 Å². The van der Waals surface area contributed by atoms with E-state index in [1.807, 2.05) is 38.1 Å². The summed E-state index contributed by atoms with van der Waals surface area (Å²) < 4.78 is 0. The lowest BCUT2D eigenvalue weighted by molar-refractivity contribution is -0.144. The molecule has 0 spiro atoms. The van der Waals surface area contributed by atoms with Crippen LogP contribution in [0.1, 0.15) is 51.5 Å². The lowest BCUT2D eigenvalue weighted by atomic mass is 9.85. The van der Waals surface area contributed by atoms with Crippen LogP contribution in [0.15, 0.2) is 36.4 Å². The first-order valence-electron chi connectivity index (χ1n) is 11.7. The van der Waals surface area contributed by atoms with Gasteiger partial charge in [-0.3, -0.25) is 24.1 Å². The number of rotatable bonds is 10. The molecule has 0 unspecified atom stereocenters. The van der Waals surface area contributed by atoms with Gasteiger partial charge in [0.05, 0.1) is 11.8 Å². The number of likely N-dealkylation sites (tertiary alicyclic amines) is 1. The van der Waals surface area contributed by atoms with E-state index in [4.69, 9.17) is 11.6 Å². The molecule has 0 aromatic heterocycles. The van der Waals surface area contributed by atoms with Crippen molar-refractivity contribution in [1.82, 2.24) is 15.1 Å². The number of imide groups is 1. The van der Waals surface area contributed by atoms with E-state index >= 15 is 0 Å². The van der Waals surface area contributed by atoms with E-state index in [2.05, 4.69) is 5.32 Å². The minimum Gasteiger partial charge on any atom is -0.354 e. The highest BCUT2D eigenvalue weighted by atomic mass is 35.5. The minimum absolute atomic E-state index is 0.0184. The fourth-order valence-corrected chi connectivity index (χ4v) is 4.64.